The summed E-state index contributed by atoms with van der Waals surface area (Å²) in [4.78, 5) is 24.8. The van der Waals surface area contributed by atoms with Gasteiger partial charge in [-0.15, -0.1) is 0 Å². The molecule has 126 valence electrons. The molecule has 0 aliphatic carbocycles. The molecular weight excluding hydrogens is 296 g/mol. The highest BCUT2D eigenvalue weighted by Crippen LogP contribution is 2.24. The van der Waals surface area contributed by atoms with Crippen LogP contribution in [0.5, 0.6) is 0 Å². The van der Waals surface area contributed by atoms with Crippen LogP contribution < -0.4 is 0 Å². The van der Waals surface area contributed by atoms with Gasteiger partial charge in [-0.25, -0.2) is 0 Å². The van der Waals surface area contributed by atoms with Crippen LogP contribution in [0.1, 0.15) is 38.1 Å². The van der Waals surface area contributed by atoms with E-state index in [2.05, 4.69) is 4.90 Å². The van der Waals surface area contributed by atoms with Crippen molar-refractivity contribution in [3.63, 3.8) is 0 Å². The van der Waals surface area contributed by atoms with E-state index in [1.54, 1.807) is 13.2 Å². The van der Waals surface area contributed by atoms with E-state index in [0.717, 1.165) is 18.8 Å². The molecule has 0 heterocycles. The SMILES string of the molecule is CCN(CC)/C(=C\C(=O)c1ccc([N+](=O)[O-])cc1)C(C)(C)OC. The number of nitro benzene ring substituents is 1. The van der Waals surface area contributed by atoms with Crippen LogP contribution in [-0.4, -0.2) is 41.4 Å². The zero-order valence-electron chi connectivity index (χ0n) is 14.3. The number of methoxy groups -OCH3 is 1. The Morgan fingerprint density at radius 3 is 2.17 bits per heavy atom. The number of carbonyl (C=O) groups excluding carboxylic acids is 1. The van der Waals surface area contributed by atoms with Crippen molar-refractivity contribution in [2.75, 3.05) is 20.2 Å². The summed E-state index contributed by atoms with van der Waals surface area (Å²) in [6, 6.07) is 5.60. The number of nitro groups is 1. The summed E-state index contributed by atoms with van der Waals surface area (Å²) in [5.74, 6) is -0.202. The van der Waals surface area contributed by atoms with Gasteiger partial charge in [0.15, 0.2) is 5.78 Å². The number of hydrogen-bond acceptors (Lipinski definition) is 5. The number of ether oxygens (including phenoxy) is 1. The molecule has 0 radical (unpaired) electrons. The number of likely N-dealkylation sites (N-methyl/N-ethyl adjacent to an activating group) is 1. The van der Waals surface area contributed by atoms with Gasteiger partial charge in [0.25, 0.3) is 5.69 Å². The third-order valence-electron chi connectivity index (χ3n) is 3.86. The van der Waals surface area contributed by atoms with E-state index in [1.807, 2.05) is 27.7 Å². The normalized spacial score (nSPS) is 12.1. The van der Waals surface area contributed by atoms with Gasteiger partial charge >= 0.3 is 0 Å². The average Bonchev–Trinajstić information content (AvgIpc) is 2.54. The number of ketones is 1. The quantitative estimate of drug-likeness (QED) is 0.317. The second-order valence-electron chi connectivity index (χ2n) is 5.58. The highest BCUT2D eigenvalue weighted by Gasteiger charge is 2.27. The lowest BCUT2D eigenvalue weighted by molar-refractivity contribution is -0.384. The van der Waals surface area contributed by atoms with Gasteiger partial charge in [0, 0.05) is 49.7 Å². The molecular formula is C17H24N2O4. The van der Waals surface area contributed by atoms with Gasteiger partial charge < -0.3 is 9.64 Å². The lowest BCUT2D eigenvalue weighted by atomic mass is 9.99. The number of non-ortho nitro benzene ring substituents is 1. The molecule has 0 spiro atoms. The molecule has 0 fully saturated rings. The Morgan fingerprint density at radius 2 is 1.78 bits per heavy atom. The van der Waals surface area contributed by atoms with Crippen LogP contribution >= 0.6 is 0 Å². The third-order valence-corrected chi connectivity index (χ3v) is 3.86. The molecule has 1 rings (SSSR count). The Morgan fingerprint density at radius 1 is 1.26 bits per heavy atom. The maximum atomic E-state index is 12.5. The molecule has 0 aliphatic heterocycles. The lowest BCUT2D eigenvalue weighted by Crippen LogP contribution is -2.38. The summed E-state index contributed by atoms with van der Waals surface area (Å²) in [5.41, 5.74) is 0.551. The van der Waals surface area contributed by atoms with Gasteiger partial charge in [0.1, 0.15) is 5.60 Å². The van der Waals surface area contributed by atoms with Gasteiger partial charge in [-0.1, -0.05) is 0 Å². The minimum absolute atomic E-state index is 0.0354. The van der Waals surface area contributed by atoms with Gasteiger partial charge in [0.05, 0.1) is 4.92 Å². The fraction of sp³-hybridized carbons (Fsp3) is 0.471. The molecule has 0 unspecified atom stereocenters. The molecule has 6 nitrogen and oxygen atoms in total. The first-order valence-corrected chi connectivity index (χ1v) is 7.57. The summed E-state index contributed by atoms with van der Waals surface area (Å²) >= 11 is 0. The fourth-order valence-electron chi connectivity index (χ4n) is 2.27. The molecule has 0 atom stereocenters. The van der Waals surface area contributed by atoms with Crippen LogP contribution in [0.15, 0.2) is 36.0 Å². The average molecular weight is 320 g/mol. The minimum Gasteiger partial charge on any atom is -0.373 e. The second kappa shape index (κ2) is 7.87. The Bertz CT molecular complexity index is 587. The predicted octanol–water partition coefficient (Wildman–Crippen LogP) is 3.43. The molecule has 0 saturated heterocycles. The maximum Gasteiger partial charge on any atom is 0.269 e. The van der Waals surface area contributed by atoms with Crippen molar-refractivity contribution >= 4 is 11.5 Å². The summed E-state index contributed by atoms with van der Waals surface area (Å²) in [7, 11) is 1.60. The molecule has 1 aromatic carbocycles. The third kappa shape index (κ3) is 4.63. The van der Waals surface area contributed by atoms with E-state index >= 15 is 0 Å². The number of hydrogen-bond donors (Lipinski definition) is 0. The summed E-state index contributed by atoms with van der Waals surface area (Å²) < 4.78 is 5.52. The van der Waals surface area contributed by atoms with Crippen molar-refractivity contribution in [3.05, 3.63) is 51.7 Å². The van der Waals surface area contributed by atoms with E-state index in [4.69, 9.17) is 4.74 Å². The van der Waals surface area contributed by atoms with Crippen LogP contribution in [0.3, 0.4) is 0 Å². The Labute approximate surface area is 136 Å². The topological polar surface area (TPSA) is 72.7 Å². The number of rotatable bonds is 8. The first-order valence-electron chi connectivity index (χ1n) is 7.57. The Kier molecular flexibility index (Phi) is 6.45. The molecule has 0 aliphatic rings. The van der Waals surface area contributed by atoms with Crippen LogP contribution in [0.2, 0.25) is 0 Å². The van der Waals surface area contributed by atoms with Crippen LogP contribution in [0.4, 0.5) is 5.69 Å². The van der Waals surface area contributed by atoms with E-state index < -0.39 is 10.5 Å². The Hall–Kier alpha value is -2.21. The highest BCUT2D eigenvalue weighted by atomic mass is 16.6. The molecule has 0 saturated carbocycles. The van der Waals surface area contributed by atoms with Gasteiger partial charge in [-0.05, 0) is 39.8 Å². The zero-order valence-corrected chi connectivity index (χ0v) is 14.3. The molecule has 23 heavy (non-hydrogen) atoms. The van der Waals surface area contributed by atoms with E-state index in [9.17, 15) is 14.9 Å². The van der Waals surface area contributed by atoms with Crippen molar-refractivity contribution in [2.45, 2.75) is 33.3 Å². The number of benzene rings is 1. The minimum atomic E-state index is -0.609. The van der Waals surface area contributed by atoms with E-state index in [0.29, 0.717) is 5.56 Å². The van der Waals surface area contributed by atoms with Crippen molar-refractivity contribution in [2.24, 2.45) is 0 Å². The van der Waals surface area contributed by atoms with Gasteiger partial charge in [0.2, 0.25) is 0 Å². The second-order valence-corrected chi connectivity index (χ2v) is 5.58. The summed E-state index contributed by atoms with van der Waals surface area (Å²) in [5, 5.41) is 10.7. The molecule has 1 aromatic rings. The molecule has 0 bridgehead atoms. The van der Waals surface area contributed by atoms with Crippen LogP contribution in [0, 0.1) is 10.1 Å². The predicted molar refractivity (Wildman–Crippen MR) is 89.5 cm³/mol. The van der Waals surface area contributed by atoms with Crippen molar-refractivity contribution in [1.82, 2.24) is 4.90 Å². The molecule has 0 amide bonds. The fourth-order valence-corrected chi connectivity index (χ4v) is 2.27. The number of carbonyl (C=O) groups is 1. The smallest absolute Gasteiger partial charge is 0.269 e. The molecule has 6 heteroatoms. The summed E-state index contributed by atoms with van der Waals surface area (Å²) in [6.07, 6.45) is 1.55. The Balaban J connectivity index is 3.19. The van der Waals surface area contributed by atoms with E-state index in [1.165, 1.54) is 24.3 Å². The highest BCUT2D eigenvalue weighted by molar-refractivity contribution is 6.05. The number of nitrogens with zero attached hydrogens (tertiary/aromatic N) is 2. The van der Waals surface area contributed by atoms with Crippen molar-refractivity contribution in [1.29, 1.82) is 0 Å². The van der Waals surface area contributed by atoms with E-state index in [-0.39, 0.29) is 11.5 Å². The van der Waals surface area contributed by atoms with Crippen LogP contribution in [-0.2, 0) is 4.74 Å². The summed E-state index contributed by atoms with van der Waals surface area (Å²) in [6.45, 7) is 9.34. The first kappa shape index (κ1) is 18.8. The lowest BCUT2D eigenvalue weighted by Gasteiger charge is -2.35. The van der Waals surface area contributed by atoms with Gasteiger partial charge in [-0.2, -0.15) is 0 Å². The zero-order chi connectivity index (χ0) is 17.6. The first-order chi connectivity index (χ1) is 10.8. The maximum absolute atomic E-state index is 12.5. The number of allylic oxidation sites excluding steroid dienone is 1. The molecule has 0 N–H and O–H groups in total. The van der Waals surface area contributed by atoms with Crippen molar-refractivity contribution < 1.29 is 14.5 Å². The molecule has 0 aromatic heterocycles. The van der Waals surface area contributed by atoms with Crippen molar-refractivity contribution in [3.8, 4) is 0 Å². The van der Waals surface area contributed by atoms with Gasteiger partial charge in [-0.3, -0.25) is 14.9 Å². The monoisotopic (exact) mass is 320 g/mol. The van der Waals surface area contributed by atoms with Crippen LogP contribution in [0.25, 0.3) is 0 Å². The largest absolute Gasteiger partial charge is 0.373 e. The standard InChI is InChI=1S/C17H24N2O4/c1-6-18(7-2)16(17(3,4)23-5)12-15(20)13-8-10-14(11-9-13)19(21)22/h8-12H,6-7H2,1-5H3/b16-12-.